The van der Waals surface area contributed by atoms with Crippen molar-refractivity contribution < 1.29 is 32.5 Å². The summed E-state index contributed by atoms with van der Waals surface area (Å²) in [6.45, 7) is 8.45. The van der Waals surface area contributed by atoms with E-state index < -0.39 is 21.9 Å². The molecule has 0 saturated carbocycles. The molecule has 3 aromatic rings. The van der Waals surface area contributed by atoms with E-state index in [1.54, 1.807) is 42.5 Å². The topological polar surface area (TPSA) is 135 Å². The highest BCUT2D eigenvalue weighted by atomic mass is 32.2. The molecule has 0 saturated heterocycles. The maximum atomic E-state index is 12.9. The number of aliphatic hydroxyl groups is 1. The van der Waals surface area contributed by atoms with Gasteiger partial charge in [0.05, 0.1) is 17.6 Å². The van der Waals surface area contributed by atoms with Gasteiger partial charge in [-0.1, -0.05) is 31.0 Å². The first-order valence-electron chi connectivity index (χ1n) is 16.4. The van der Waals surface area contributed by atoms with Gasteiger partial charge in [-0.05, 0) is 98.3 Å². The highest BCUT2D eigenvalue weighted by molar-refractivity contribution is 7.92. The molecule has 4 rings (SSSR count). The molecule has 0 fully saturated rings. The number of fused-ring (bicyclic) bond motifs is 1. The normalized spacial score (nSPS) is 14.6. The summed E-state index contributed by atoms with van der Waals surface area (Å²) in [5.41, 5.74) is 3.81. The smallest absolute Gasteiger partial charge is 0.261 e. The number of hydrogen-bond donors (Lipinski definition) is 4. The summed E-state index contributed by atoms with van der Waals surface area (Å²) in [5.74, 6) is -0.00473. The Balaban J connectivity index is 1.02. The number of carbonyl (C=O) groups excluding carboxylic acids is 1. The van der Waals surface area contributed by atoms with Gasteiger partial charge < -0.3 is 30.0 Å². The summed E-state index contributed by atoms with van der Waals surface area (Å²) in [6, 6.07) is 19.3. The predicted molar refractivity (Wildman–Crippen MR) is 184 cm³/mol. The van der Waals surface area contributed by atoms with Crippen molar-refractivity contribution in [2.24, 2.45) is 0 Å². The van der Waals surface area contributed by atoms with Crippen LogP contribution in [0.15, 0.2) is 71.6 Å². The van der Waals surface area contributed by atoms with Gasteiger partial charge in [-0.2, -0.15) is 0 Å². The van der Waals surface area contributed by atoms with Gasteiger partial charge in [-0.3, -0.25) is 9.52 Å². The van der Waals surface area contributed by atoms with Crippen LogP contribution in [0.4, 0.5) is 11.4 Å². The number of anilines is 2. The van der Waals surface area contributed by atoms with Crippen molar-refractivity contribution in [1.29, 1.82) is 0 Å². The minimum Gasteiger partial charge on any atom is -0.463 e. The molecule has 0 aromatic heterocycles. The van der Waals surface area contributed by atoms with Crippen molar-refractivity contribution in [2.75, 3.05) is 36.3 Å². The minimum absolute atomic E-state index is 0.189. The highest BCUT2D eigenvalue weighted by Crippen LogP contribution is 2.33. The molecule has 10 nitrogen and oxygen atoms in total. The van der Waals surface area contributed by atoms with Crippen LogP contribution in [0.1, 0.15) is 82.1 Å². The molecule has 0 radical (unpaired) electrons. The zero-order chi connectivity index (χ0) is 33.7. The molecule has 3 aromatic carbocycles. The molecule has 1 unspecified atom stereocenters. The van der Waals surface area contributed by atoms with E-state index in [0.717, 1.165) is 80.5 Å². The van der Waals surface area contributed by atoms with Gasteiger partial charge in [-0.15, -0.1) is 0 Å². The first kappa shape index (κ1) is 36.4. The van der Waals surface area contributed by atoms with E-state index in [0.29, 0.717) is 31.1 Å². The van der Waals surface area contributed by atoms with Crippen LogP contribution in [-0.2, 0) is 37.3 Å². The number of nitrogens with one attached hydrogen (secondary N) is 3. The van der Waals surface area contributed by atoms with E-state index in [1.165, 1.54) is 6.92 Å². The van der Waals surface area contributed by atoms with E-state index in [-0.39, 0.29) is 10.8 Å². The molecule has 4 N–H and O–H groups in total. The number of ether oxygens (including phenoxy) is 3. The van der Waals surface area contributed by atoms with Crippen LogP contribution in [0.5, 0.6) is 5.75 Å². The number of aryl methyl sites for hydroxylation is 1. The molecule has 11 heteroatoms. The molecule has 1 aliphatic rings. The summed E-state index contributed by atoms with van der Waals surface area (Å²) in [4.78, 5) is 11.4. The lowest BCUT2D eigenvalue weighted by Crippen LogP contribution is -2.35. The molecule has 256 valence electrons. The molecule has 0 bridgehead atoms. The predicted octanol–water partition coefficient (Wildman–Crippen LogP) is 6.31. The Morgan fingerprint density at radius 2 is 1.66 bits per heavy atom. The van der Waals surface area contributed by atoms with E-state index in [4.69, 9.17) is 14.2 Å². The fraction of sp³-hybridized carbons (Fsp3) is 0.472. The van der Waals surface area contributed by atoms with E-state index in [9.17, 15) is 18.3 Å². The van der Waals surface area contributed by atoms with Crippen LogP contribution in [-0.4, -0.2) is 51.5 Å². The Morgan fingerprint density at radius 1 is 0.936 bits per heavy atom. The molecule has 1 amide bonds. The summed E-state index contributed by atoms with van der Waals surface area (Å²) in [7, 11) is -3.73. The number of hydrogen-bond acceptors (Lipinski definition) is 8. The molecule has 1 heterocycles. The van der Waals surface area contributed by atoms with Crippen LogP contribution >= 0.6 is 0 Å². The van der Waals surface area contributed by atoms with Crippen molar-refractivity contribution in [3.8, 4) is 5.75 Å². The van der Waals surface area contributed by atoms with Crippen molar-refractivity contribution in [2.45, 2.75) is 89.1 Å². The average molecular weight is 668 g/mol. The van der Waals surface area contributed by atoms with E-state index in [1.807, 2.05) is 38.1 Å². The number of sulfonamides is 1. The number of benzene rings is 3. The average Bonchev–Trinajstić information content (AvgIpc) is 3.03. The molecule has 1 aliphatic heterocycles. The molecule has 0 spiro atoms. The molecule has 0 aliphatic carbocycles. The van der Waals surface area contributed by atoms with Gasteiger partial charge in [0.25, 0.3) is 10.0 Å². The second-order valence-corrected chi connectivity index (χ2v) is 14.1. The van der Waals surface area contributed by atoms with Crippen LogP contribution in [0, 0.1) is 0 Å². The van der Waals surface area contributed by atoms with E-state index >= 15 is 0 Å². The van der Waals surface area contributed by atoms with Crippen LogP contribution in [0.2, 0.25) is 0 Å². The molecular formula is C36H49N3O7S. The second kappa shape index (κ2) is 17.6. The number of unbranched alkanes of at least 4 members (excludes halogenated alkanes) is 4. The highest BCUT2D eigenvalue weighted by Gasteiger charge is 2.27. The lowest BCUT2D eigenvalue weighted by atomic mass is 10.0. The van der Waals surface area contributed by atoms with Gasteiger partial charge in [0, 0.05) is 57.5 Å². The van der Waals surface area contributed by atoms with Crippen LogP contribution < -0.4 is 20.1 Å². The number of rotatable bonds is 19. The summed E-state index contributed by atoms with van der Waals surface area (Å²) in [5, 5.41) is 16.6. The largest absolute Gasteiger partial charge is 0.463 e. The van der Waals surface area contributed by atoms with Crippen molar-refractivity contribution >= 4 is 27.3 Å². The lowest BCUT2D eigenvalue weighted by Gasteiger charge is -2.33. The molecular weight excluding hydrogens is 618 g/mol. The Labute approximate surface area is 279 Å². The SMILES string of the molecule is CC(=O)Nc1ccc(NS(=O)(=O)c2cccc(CCCCOCCCCCCNCC(O)c3ccc4c(c3)COC(C)(C)O4)c2)cc1. The van der Waals surface area contributed by atoms with Gasteiger partial charge in [0.2, 0.25) is 11.7 Å². The van der Waals surface area contributed by atoms with Crippen molar-refractivity contribution in [3.05, 3.63) is 83.4 Å². The number of aliphatic hydroxyl groups excluding tert-OH is 1. The Morgan fingerprint density at radius 3 is 2.43 bits per heavy atom. The zero-order valence-electron chi connectivity index (χ0n) is 27.7. The monoisotopic (exact) mass is 667 g/mol. The molecule has 1 atom stereocenters. The Bertz CT molecular complexity index is 1540. The minimum atomic E-state index is -3.73. The summed E-state index contributed by atoms with van der Waals surface area (Å²) >= 11 is 0. The number of carbonyl (C=O) groups is 1. The maximum absolute atomic E-state index is 12.9. The fourth-order valence-corrected chi connectivity index (χ4v) is 6.40. The number of amides is 1. The van der Waals surface area contributed by atoms with Gasteiger partial charge >= 0.3 is 0 Å². The van der Waals surface area contributed by atoms with Gasteiger partial charge in [0.15, 0.2) is 0 Å². The molecule has 47 heavy (non-hydrogen) atoms. The van der Waals surface area contributed by atoms with Gasteiger partial charge in [-0.25, -0.2) is 8.42 Å². The van der Waals surface area contributed by atoms with Crippen molar-refractivity contribution in [1.82, 2.24) is 5.32 Å². The first-order valence-corrected chi connectivity index (χ1v) is 17.9. The van der Waals surface area contributed by atoms with Crippen LogP contribution in [0.25, 0.3) is 0 Å². The summed E-state index contributed by atoms with van der Waals surface area (Å²) < 4.78 is 45.7. The Hall–Kier alpha value is -3.48. The quantitative estimate of drug-likeness (QED) is 0.109. The lowest BCUT2D eigenvalue weighted by molar-refractivity contribution is -0.180. The first-order chi connectivity index (χ1) is 22.5. The van der Waals surface area contributed by atoms with Crippen LogP contribution in [0.3, 0.4) is 0 Å². The summed E-state index contributed by atoms with van der Waals surface area (Å²) in [6.07, 6.45) is 6.27. The fourth-order valence-electron chi connectivity index (χ4n) is 5.27. The third-order valence-electron chi connectivity index (χ3n) is 7.80. The third kappa shape index (κ3) is 12.2. The standard InChI is InChI=1S/C36H49N3O7S/c1-27(40)38-31-15-17-32(18-16-31)39-47(42,43)33-13-10-12-28(23-33)11-6-9-22-44-21-8-5-4-7-20-37-25-34(41)29-14-19-35-30(24-29)26-45-36(2,3)46-35/h10,12-19,23-24,34,37,39,41H,4-9,11,20-22,25-26H2,1-3H3,(H,38,40). The van der Waals surface area contributed by atoms with Crippen molar-refractivity contribution in [3.63, 3.8) is 0 Å². The second-order valence-electron chi connectivity index (χ2n) is 12.4. The van der Waals surface area contributed by atoms with E-state index in [2.05, 4.69) is 15.4 Å². The zero-order valence-corrected chi connectivity index (χ0v) is 28.5. The van der Waals surface area contributed by atoms with Gasteiger partial charge in [0.1, 0.15) is 5.75 Å². The Kier molecular flexibility index (Phi) is 13.6. The maximum Gasteiger partial charge on any atom is 0.261 e. The third-order valence-corrected chi connectivity index (χ3v) is 9.18.